The summed E-state index contributed by atoms with van der Waals surface area (Å²) in [4.78, 5) is 0. The third-order valence-corrected chi connectivity index (χ3v) is 2.14. The summed E-state index contributed by atoms with van der Waals surface area (Å²) >= 11 is 1.61. The van der Waals surface area contributed by atoms with Crippen LogP contribution in [0.1, 0.15) is 0 Å². The van der Waals surface area contributed by atoms with Crippen LogP contribution in [0.3, 0.4) is 0 Å². The second-order valence-electron chi connectivity index (χ2n) is 2.23. The molecule has 0 atom stereocenters. The van der Waals surface area contributed by atoms with Crippen molar-refractivity contribution in [1.29, 1.82) is 0 Å². The first-order chi connectivity index (χ1) is 5.40. The van der Waals surface area contributed by atoms with E-state index in [1.54, 1.807) is 11.8 Å². The highest BCUT2D eigenvalue weighted by molar-refractivity contribution is 7.98. The Morgan fingerprint density at radius 1 is 1.55 bits per heavy atom. The molecule has 2 aromatic rings. The van der Waals surface area contributed by atoms with E-state index in [-0.39, 0.29) is 0 Å². The third kappa shape index (κ3) is 1.14. The van der Waals surface area contributed by atoms with Crippen molar-refractivity contribution in [3.8, 4) is 0 Å². The molecule has 55 valence electrons. The maximum absolute atomic E-state index is 5.46. The van der Waals surface area contributed by atoms with Gasteiger partial charge in [-0.3, -0.25) is 0 Å². The topological polar surface area (TPSA) is 13.1 Å². The summed E-state index contributed by atoms with van der Waals surface area (Å²) in [5.41, 5.74) is 0.938. The van der Waals surface area contributed by atoms with E-state index >= 15 is 0 Å². The molecule has 0 spiro atoms. The van der Waals surface area contributed by atoms with Gasteiger partial charge >= 0.3 is 0 Å². The van der Waals surface area contributed by atoms with Gasteiger partial charge in [-0.05, 0) is 30.5 Å². The Kier molecular flexibility index (Phi) is 1.62. The van der Waals surface area contributed by atoms with E-state index in [2.05, 4.69) is 6.07 Å². The Hall–Kier alpha value is -0.890. The van der Waals surface area contributed by atoms with Crippen LogP contribution in [0.2, 0.25) is 0 Å². The number of benzene rings is 1. The predicted octanol–water partition coefficient (Wildman–Crippen LogP) is 2.95. The number of fused-ring (bicyclic) bond motifs is 1. The van der Waals surface area contributed by atoms with Gasteiger partial charge in [-0.1, -0.05) is 17.8 Å². The van der Waals surface area contributed by atoms with E-state index in [0.717, 1.165) is 16.1 Å². The van der Waals surface area contributed by atoms with Gasteiger partial charge in [0, 0.05) is 5.39 Å². The van der Waals surface area contributed by atoms with Crippen molar-refractivity contribution in [3.05, 3.63) is 30.3 Å². The van der Waals surface area contributed by atoms with Gasteiger partial charge in [-0.2, -0.15) is 0 Å². The fourth-order valence-electron chi connectivity index (χ4n) is 1.00. The van der Waals surface area contributed by atoms with Crippen LogP contribution in [-0.4, -0.2) is 6.26 Å². The van der Waals surface area contributed by atoms with E-state index in [1.807, 2.05) is 30.5 Å². The predicted molar refractivity (Wildman–Crippen MR) is 46.8 cm³/mol. The molecule has 1 aromatic carbocycles. The van der Waals surface area contributed by atoms with Crippen LogP contribution < -0.4 is 0 Å². The minimum atomic E-state index is 0.938. The number of thioether (sulfide) groups is 1. The molecule has 0 N–H and O–H groups in total. The largest absolute Gasteiger partial charge is 0.450 e. The molecular weight excluding hydrogens is 156 g/mol. The Bertz CT molecular complexity index is 331. The fraction of sp³-hybridized carbons (Fsp3) is 0.111. The monoisotopic (exact) mass is 163 g/mol. The molecule has 0 fully saturated rings. The third-order valence-electron chi connectivity index (χ3n) is 1.54. The molecular formula is C9H7OS. The second kappa shape index (κ2) is 2.62. The number of hydrogen-bond donors (Lipinski definition) is 0. The molecule has 0 aliphatic carbocycles. The average Bonchev–Trinajstić information content (AvgIpc) is 2.46. The normalized spacial score (nSPS) is 10.6. The Morgan fingerprint density at radius 2 is 2.45 bits per heavy atom. The smallest absolute Gasteiger partial charge is 0.161 e. The van der Waals surface area contributed by atoms with Gasteiger partial charge in [0.15, 0.2) is 5.09 Å². The van der Waals surface area contributed by atoms with Crippen LogP contribution >= 0.6 is 11.8 Å². The summed E-state index contributed by atoms with van der Waals surface area (Å²) in [6.45, 7) is 0. The number of rotatable bonds is 1. The molecule has 2 heteroatoms. The molecule has 0 saturated carbocycles. The maximum Gasteiger partial charge on any atom is 0.161 e. The van der Waals surface area contributed by atoms with E-state index in [9.17, 15) is 0 Å². The van der Waals surface area contributed by atoms with Crippen molar-refractivity contribution in [3.63, 3.8) is 0 Å². The first kappa shape index (κ1) is 6.80. The summed E-state index contributed by atoms with van der Waals surface area (Å²) < 4.78 is 5.46. The maximum atomic E-state index is 5.46. The molecule has 1 heterocycles. The molecule has 0 saturated heterocycles. The SMILES string of the molecule is CSc1cc2c[c]ccc2o1. The first-order valence-electron chi connectivity index (χ1n) is 3.34. The summed E-state index contributed by atoms with van der Waals surface area (Å²) in [7, 11) is 0. The van der Waals surface area contributed by atoms with Gasteiger partial charge < -0.3 is 4.42 Å². The van der Waals surface area contributed by atoms with Crippen LogP contribution in [0.25, 0.3) is 11.0 Å². The zero-order valence-electron chi connectivity index (χ0n) is 6.13. The van der Waals surface area contributed by atoms with Crippen molar-refractivity contribution >= 4 is 22.7 Å². The van der Waals surface area contributed by atoms with Crippen molar-refractivity contribution in [1.82, 2.24) is 0 Å². The zero-order valence-corrected chi connectivity index (χ0v) is 6.94. The van der Waals surface area contributed by atoms with Gasteiger partial charge in [-0.25, -0.2) is 0 Å². The summed E-state index contributed by atoms with van der Waals surface area (Å²) in [6, 6.07) is 10.7. The number of hydrogen-bond acceptors (Lipinski definition) is 2. The minimum Gasteiger partial charge on any atom is -0.450 e. The van der Waals surface area contributed by atoms with Crippen molar-refractivity contribution in [2.75, 3.05) is 6.26 Å². The Balaban J connectivity index is 2.69. The molecule has 11 heavy (non-hydrogen) atoms. The lowest BCUT2D eigenvalue weighted by atomic mass is 10.3. The molecule has 1 nitrogen and oxygen atoms in total. The highest BCUT2D eigenvalue weighted by atomic mass is 32.2. The van der Waals surface area contributed by atoms with Crippen molar-refractivity contribution in [2.24, 2.45) is 0 Å². The molecule has 2 rings (SSSR count). The average molecular weight is 163 g/mol. The van der Waals surface area contributed by atoms with Crippen molar-refractivity contribution in [2.45, 2.75) is 5.09 Å². The Labute approximate surface area is 69.4 Å². The number of furan rings is 1. The lowest BCUT2D eigenvalue weighted by Gasteiger charge is -1.83. The molecule has 0 aliphatic rings. The van der Waals surface area contributed by atoms with Crippen LogP contribution in [0.4, 0.5) is 0 Å². The minimum absolute atomic E-state index is 0.938. The molecule has 0 amide bonds. The summed E-state index contributed by atoms with van der Waals surface area (Å²) in [5.74, 6) is 0. The van der Waals surface area contributed by atoms with E-state index < -0.39 is 0 Å². The van der Waals surface area contributed by atoms with E-state index in [4.69, 9.17) is 4.42 Å². The highest BCUT2D eigenvalue weighted by Gasteiger charge is 1.99. The van der Waals surface area contributed by atoms with Crippen LogP contribution in [0.5, 0.6) is 0 Å². The highest BCUT2D eigenvalue weighted by Crippen LogP contribution is 2.24. The van der Waals surface area contributed by atoms with Crippen LogP contribution in [0.15, 0.2) is 33.8 Å². The quantitative estimate of drug-likeness (QED) is 0.599. The zero-order chi connectivity index (χ0) is 7.68. The standard InChI is InChI=1S/C9H7OS/c1-11-9-6-7-4-2-3-5-8(7)10-9/h3-6H,1H3. The lowest BCUT2D eigenvalue weighted by Crippen LogP contribution is -1.58. The lowest BCUT2D eigenvalue weighted by molar-refractivity contribution is 0.516. The van der Waals surface area contributed by atoms with Gasteiger partial charge in [0.05, 0.1) is 0 Å². The van der Waals surface area contributed by atoms with Crippen LogP contribution in [-0.2, 0) is 0 Å². The van der Waals surface area contributed by atoms with Crippen LogP contribution in [0, 0.1) is 6.07 Å². The summed E-state index contributed by atoms with van der Waals surface area (Å²) in [6.07, 6.45) is 2.00. The summed E-state index contributed by atoms with van der Waals surface area (Å²) in [5, 5.41) is 2.08. The van der Waals surface area contributed by atoms with Gasteiger partial charge in [0.1, 0.15) is 5.58 Å². The Morgan fingerprint density at radius 3 is 3.18 bits per heavy atom. The molecule has 0 bridgehead atoms. The molecule has 0 unspecified atom stereocenters. The second-order valence-corrected chi connectivity index (χ2v) is 3.04. The molecule has 0 aliphatic heterocycles. The molecule has 1 radical (unpaired) electrons. The van der Waals surface area contributed by atoms with Gasteiger partial charge in [0.25, 0.3) is 0 Å². The van der Waals surface area contributed by atoms with E-state index in [1.165, 1.54) is 0 Å². The molecule has 1 aromatic heterocycles. The fourth-order valence-corrected chi connectivity index (χ4v) is 1.42. The van der Waals surface area contributed by atoms with Gasteiger partial charge in [0.2, 0.25) is 0 Å². The van der Waals surface area contributed by atoms with E-state index in [0.29, 0.717) is 0 Å². The van der Waals surface area contributed by atoms with Gasteiger partial charge in [-0.15, -0.1) is 0 Å². The van der Waals surface area contributed by atoms with Crippen molar-refractivity contribution < 1.29 is 4.42 Å². The first-order valence-corrected chi connectivity index (χ1v) is 4.56.